The number of nitrogens with two attached hydrogens (primary N) is 1. The Bertz CT molecular complexity index is 303. The lowest BCUT2D eigenvalue weighted by molar-refractivity contribution is -0.155. The normalized spacial score (nSPS) is 37.1. The van der Waals surface area contributed by atoms with E-state index in [-0.39, 0.29) is 30.1 Å². The molecule has 0 spiro atoms. The molecule has 1 fully saturated rings. The van der Waals surface area contributed by atoms with Gasteiger partial charge >= 0.3 is 5.97 Å². The van der Waals surface area contributed by atoms with E-state index in [1.54, 1.807) is 7.11 Å². The number of hydrogen-bond acceptors (Lipinski definition) is 4. The molecule has 2 aliphatic carbocycles. The summed E-state index contributed by atoms with van der Waals surface area (Å²) in [7, 11) is 1.72. The second-order valence-electron chi connectivity index (χ2n) is 4.97. The van der Waals surface area contributed by atoms with Crippen LogP contribution in [0.5, 0.6) is 0 Å². The predicted molar refractivity (Wildman–Crippen MR) is 64.4 cm³/mol. The van der Waals surface area contributed by atoms with Crippen LogP contribution in [0.2, 0.25) is 0 Å². The highest BCUT2D eigenvalue weighted by atomic mass is 16.5. The summed E-state index contributed by atoms with van der Waals surface area (Å²) < 4.78 is 10.9. The summed E-state index contributed by atoms with van der Waals surface area (Å²) >= 11 is 0. The molecule has 0 bridgehead atoms. The van der Waals surface area contributed by atoms with Crippen LogP contribution in [0.15, 0.2) is 12.2 Å². The van der Waals surface area contributed by atoms with Crippen molar-refractivity contribution >= 4 is 5.97 Å². The molecule has 1 saturated carbocycles. The van der Waals surface area contributed by atoms with Crippen LogP contribution in [-0.2, 0) is 14.3 Å². The maximum absolute atomic E-state index is 11.9. The Hall–Kier alpha value is -0.870. The Morgan fingerprint density at radius 3 is 2.65 bits per heavy atom. The highest BCUT2D eigenvalue weighted by molar-refractivity contribution is 5.75. The van der Waals surface area contributed by atoms with E-state index in [1.807, 2.05) is 12.2 Å². The van der Waals surface area contributed by atoms with Crippen LogP contribution < -0.4 is 5.73 Å². The first kappa shape index (κ1) is 12.6. The molecule has 0 radical (unpaired) electrons. The number of carbonyl (C=O) groups excluding carboxylic acids is 1. The summed E-state index contributed by atoms with van der Waals surface area (Å²) in [4.78, 5) is 11.9. The molecule has 4 heteroatoms. The molecule has 4 atom stereocenters. The van der Waals surface area contributed by atoms with E-state index >= 15 is 0 Å². The number of esters is 1. The molecule has 2 N–H and O–H groups in total. The van der Waals surface area contributed by atoms with Gasteiger partial charge in [-0.3, -0.25) is 4.79 Å². The molecule has 2 aliphatic rings. The van der Waals surface area contributed by atoms with E-state index in [1.165, 1.54) is 0 Å². The van der Waals surface area contributed by atoms with Crippen molar-refractivity contribution in [3.05, 3.63) is 12.2 Å². The molecule has 96 valence electrons. The van der Waals surface area contributed by atoms with Gasteiger partial charge in [0.1, 0.15) is 6.10 Å². The fourth-order valence-electron chi connectivity index (χ4n) is 2.58. The summed E-state index contributed by atoms with van der Waals surface area (Å²) in [5.41, 5.74) is 5.73. The van der Waals surface area contributed by atoms with Crippen molar-refractivity contribution in [3.8, 4) is 0 Å². The van der Waals surface area contributed by atoms with Crippen LogP contribution in [0.3, 0.4) is 0 Å². The third-order valence-electron chi connectivity index (χ3n) is 3.61. The monoisotopic (exact) mass is 239 g/mol. The predicted octanol–water partition coefficient (Wildman–Crippen LogP) is 1.39. The number of methoxy groups -OCH3 is 1. The minimum atomic E-state index is -0.145. The Balaban J connectivity index is 1.80. The molecular formula is C13H21NO3. The zero-order chi connectivity index (χ0) is 12.3. The standard InChI is InChI=1S/C13H21NO3/c1-16-11-3-2-4-12(8-11)17-13(15)9-5-6-10(14)7-9/h5-6,9-12H,2-4,7-8,14H2,1H3. The molecule has 0 amide bonds. The van der Waals surface area contributed by atoms with E-state index in [4.69, 9.17) is 15.2 Å². The van der Waals surface area contributed by atoms with Crippen molar-refractivity contribution in [2.24, 2.45) is 11.7 Å². The van der Waals surface area contributed by atoms with E-state index in [0.29, 0.717) is 6.42 Å². The van der Waals surface area contributed by atoms with Gasteiger partial charge in [-0.25, -0.2) is 0 Å². The molecular weight excluding hydrogens is 218 g/mol. The molecule has 4 unspecified atom stereocenters. The molecule has 0 aromatic rings. The van der Waals surface area contributed by atoms with Crippen LogP contribution >= 0.6 is 0 Å². The topological polar surface area (TPSA) is 61.5 Å². The summed E-state index contributed by atoms with van der Waals surface area (Å²) in [6, 6.07) is 0.00521. The van der Waals surface area contributed by atoms with Gasteiger partial charge in [0.2, 0.25) is 0 Å². The van der Waals surface area contributed by atoms with Gasteiger partial charge in [-0.2, -0.15) is 0 Å². The maximum atomic E-state index is 11.9. The van der Waals surface area contributed by atoms with Gasteiger partial charge in [-0.15, -0.1) is 0 Å². The van der Waals surface area contributed by atoms with Crippen LogP contribution in [0.25, 0.3) is 0 Å². The molecule has 0 aromatic carbocycles. The first-order chi connectivity index (χ1) is 8.19. The van der Waals surface area contributed by atoms with Crippen LogP contribution in [0, 0.1) is 5.92 Å². The fourth-order valence-corrected chi connectivity index (χ4v) is 2.58. The highest BCUT2D eigenvalue weighted by Crippen LogP contribution is 2.25. The van der Waals surface area contributed by atoms with Crippen molar-refractivity contribution in [1.82, 2.24) is 0 Å². The van der Waals surface area contributed by atoms with Crippen molar-refractivity contribution in [3.63, 3.8) is 0 Å². The van der Waals surface area contributed by atoms with Crippen molar-refractivity contribution in [1.29, 1.82) is 0 Å². The lowest BCUT2D eigenvalue weighted by Gasteiger charge is -2.28. The molecule has 17 heavy (non-hydrogen) atoms. The zero-order valence-electron chi connectivity index (χ0n) is 10.3. The minimum absolute atomic E-state index is 0.00521. The van der Waals surface area contributed by atoms with Crippen molar-refractivity contribution < 1.29 is 14.3 Å². The van der Waals surface area contributed by atoms with Gasteiger partial charge in [0.15, 0.2) is 0 Å². The SMILES string of the molecule is COC1CCCC(OC(=O)C2C=CC(N)C2)C1. The summed E-state index contributed by atoms with van der Waals surface area (Å²) in [6.07, 6.45) is 8.59. The molecule has 0 aliphatic heterocycles. The average molecular weight is 239 g/mol. The Morgan fingerprint density at radius 1 is 1.24 bits per heavy atom. The molecule has 0 aromatic heterocycles. The lowest BCUT2D eigenvalue weighted by Crippen LogP contribution is -2.31. The Morgan fingerprint density at radius 2 is 2.00 bits per heavy atom. The maximum Gasteiger partial charge on any atom is 0.313 e. The first-order valence-corrected chi connectivity index (χ1v) is 6.36. The van der Waals surface area contributed by atoms with Crippen molar-refractivity contribution in [2.75, 3.05) is 7.11 Å². The van der Waals surface area contributed by atoms with Crippen LogP contribution in [0.4, 0.5) is 0 Å². The first-order valence-electron chi connectivity index (χ1n) is 6.36. The van der Waals surface area contributed by atoms with E-state index in [0.717, 1.165) is 25.7 Å². The average Bonchev–Trinajstić information content (AvgIpc) is 2.76. The number of carbonyl (C=O) groups is 1. The highest BCUT2D eigenvalue weighted by Gasteiger charge is 2.29. The fraction of sp³-hybridized carbons (Fsp3) is 0.769. The largest absolute Gasteiger partial charge is 0.462 e. The Labute approximate surface area is 102 Å². The quantitative estimate of drug-likeness (QED) is 0.597. The number of ether oxygens (including phenoxy) is 2. The van der Waals surface area contributed by atoms with Gasteiger partial charge in [-0.1, -0.05) is 12.2 Å². The van der Waals surface area contributed by atoms with Gasteiger partial charge < -0.3 is 15.2 Å². The molecule has 0 heterocycles. The summed E-state index contributed by atoms with van der Waals surface area (Å²) in [5.74, 6) is -0.274. The third kappa shape index (κ3) is 3.30. The second-order valence-corrected chi connectivity index (χ2v) is 4.97. The van der Waals surface area contributed by atoms with Crippen LogP contribution in [-0.4, -0.2) is 31.3 Å². The minimum Gasteiger partial charge on any atom is -0.462 e. The van der Waals surface area contributed by atoms with Gasteiger partial charge in [-0.05, 0) is 25.7 Å². The van der Waals surface area contributed by atoms with Gasteiger partial charge in [0, 0.05) is 19.6 Å². The lowest BCUT2D eigenvalue weighted by atomic mass is 9.94. The summed E-state index contributed by atoms with van der Waals surface area (Å²) in [6.45, 7) is 0. The summed E-state index contributed by atoms with van der Waals surface area (Å²) in [5, 5.41) is 0. The third-order valence-corrected chi connectivity index (χ3v) is 3.61. The number of rotatable bonds is 3. The van der Waals surface area contributed by atoms with E-state index in [2.05, 4.69) is 0 Å². The smallest absolute Gasteiger partial charge is 0.313 e. The van der Waals surface area contributed by atoms with Crippen molar-refractivity contribution in [2.45, 2.75) is 50.4 Å². The molecule has 2 rings (SSSR count). The Kier molecular flexibility index (Phi) is 4.18. The zero-order valence-corrected chi connectivity index (χ0v) is 10.3. The number of hydrogen-bond donors (Lipinski definition) is 1. The van der Waals surface area contributed by atoms with E-state index in [9.17, 15) is 4.79 Å². The molecule has 0 saturated heterocycles. The van der Waals surface area contributed by atoms with E-state index < -0.39 is 0 Å². The van der Waals surface area contributed by atoms with Gasteiger partial charge in [0.25, 0.3) is 0 Å². The van der Waals surface area contributed by atoms with Gasteiger partial charge in [0.05, 0.1) is 12.0 Å². The molecule has 4 nitrogen and oxygen atoms in total. The van der Waals surface area contributed by atoms with Crippen LogP contribution in [0.1, 0.15) is 32.1 Å². The second kappa shape index (κ2) is 5.65.